The molecule has 0 bridgehead atoms. The molecular formula is C16H26ClNO. The van der Waals surface area contributed by atoms with Crippen molar-refractivity contribution in [1.82, 2.24) is 5.32 Å². The molecule has 0 saturated heterocycles. The van der Waals surface area contributed by atoms with Crippen LogP contribution in [0.15, 0.2) is 18.2 Å². The van der Waals surface area contributed by atoms with Crippen LogP contribution >= 0.6 is 11.6 Å². The van der Waals surface area contributed by atoms with E-state index in [9.17, 15) is 0 Å². The Morgan fingerprint density at radius 2 is 1.89 bits per heavy atom. The molecule has 1 aromatic carbocycles. The molecule has 0 amide bonds. The second-order valence-corrected chi connectivity index (χ2v) is 5.23. The molecule has 1 rings (SSSR count). The van der Waals surface area contributed by atoms with Gasteiger partial charge in [0.05, 0.1) is 6.61 Å². The number of nitrogens with one attached hydrogen (secondary N) is 1. The first-order valence-electron chi connectivity index (χ1n) is 7.39. The van der Waals surface area contributed by atoms with E-state index in [2.05, 4.69) is 19.2 Å². The topological polar surface area (TPSA) is 21.3 Å². The largest absolute Gasteiger partial charge is 0.493 e. The number of ether oxygens (including phenoxy) is 1. The molecule has 0 radical (unpaired) electrons. The highest BCUT2D eigenvalue weighted by molar-refractivity contribution is 6.30. The van der Waals surface area contributed by atoms with E-state index in [1.165, 1.54) is 25.7 Å². The molecule has 0 aromatic heterocycles. The van der Waals surface area contributed by atoms with Gasteiger partial charge in [0.2, 0.25) is 0 Å². The van der Waals surface area contributed by atoms with Gasteiger partial charge in [-0.05, 0) is 31.2 Å². The van der Waals surface area contributed by atoms with Crippen molar-refractivity contribution in [3.8, 4) is 5.75 Å². The van der Waals surface area contributed by atoms with E-state index in [0.717, 1.165) is 42.5 Å². The van der Waals surface area contributed by atoms with Crippen molar-refractivity contribution < 1.29 is 4.74 Å². The van der Waals surface area contributed by atoms with Crippen LogP contribution in [0, 0.1) is 0 Å². The van der Waals surface area contributed by atoms with Gasteiger partial charge in [-0.1, -0.05) is 51.1 Å². The molecule has 19 heavy (non-hydrogen) atoms. The minimum atomic E-state index is 0.767. The number of rotatable bonds is 10. The second-order valence-electron chi connectivity index (χ2n) is 4.80. The molecule has 0 aliphatic heterocycles. The van der Waals surface area contributed by atoms with Crippen molar-refractivity contribution in [3.05, 3.63) is 28.8 Å². The molecule has 108 valence electrons. The molecule has 0 atom stereocenters. The third-order valence-corrected chi connectivity index (χ3v) is 3.33. The number of hydrogen-bond donors (Lipinski definition) is 1. The third-order valence-electron chi connectivity index (χ3n) is 3.09. The van der Waals surface area contributed by atoms with Crippen molar-refractivity contribution in [2.45, 2.75) is 52.5 Å². The van der Waals surface area contributed by atoms with Crippen molar-refractivity contribution in [1.29, 1.82) is 0 Å². The zero-order valence-corrected chi connectivity index (χ0v) is 12.9. The molecule has 1 N–H and O–H groups in total. The highest BCUT2D eigenvalue weighted by Gasteiger charge is 2.04. The van der Waals surface area contributed by atoms with Crippen LogP contribution in [0.2, 0.25) is 5.02 Å². The van der Waals surface area contributed by atoms with Gasteiger partial charge in [0.15, 0.2) is 0 Å². The molecule has 0 unspecified atom stereocenters. The van der Waals surface area contributed by atoms with Crippen LogP contribution < -0.4 is 10.1 Å². The first-order valence-corrected chi connectivity index (χ1v) is 7.77. The maximum atomic E-state index is 6.03. The minimum absolute atomic E-state index is 0.767. The van der Waals surface area contributed by atoms with Gasteiger partial charge in [-0.15, -0.1) is 0 Å². The van der Waals surface area contributed by atoms with Crippen LogP contribution in [-0.2, 0) is 6.54 Å². The van der Waals surface area contributed by atoms with Gasteiger partial charge < -0.3 is 10.1 Å². The summed E-state index contributed by atoms with van der Waals surface area (Å²) >= 11 is 6.03. The summed E-state index contributed by atoms with van der Waals surface area (Å²) in [5, 5.41) is 4.08. The Morgan fingerprint density at radius 1 is 1.11 bits per heavy atom. The lowest BCUT2D eigenvalue weighted by atomic mass is 10.1. The Labute approximate surface area is 122 Å². The predicted molar refractivity (Wildman–Crippen MR) is 83.1 cm³/mol. The number of unbranched alkanes of at least 4 members (excludes halogenated alkanes) is 4. The molecule has 0 aliphatic carbocycles. The molecule has 0 fully saturated rings. The standard InChI is InChI=1S/C16H26ClNO/c1-3-5-6-7-8-11-19-16-10-9-15(17)12-14(16)13-18-4-2/h9-10,12,18H,3-8,11,13H2,1-2H3. The van der Waals surface area contributed by atoms with Crippen LogP contribution in [-0.4, -0.2) is 13.2 Å². The van der Waals surface area contributed by atoms with Crippen LogP contribution in [0.1, 0.15) is 51.5 Å². The van der Waals surface area contributed by atoms with Crippen molar-refractivity contribution in [2.24, 2.45) is 0 Å². The molecular weight excluding hydrogens is 258 g/mol. The quantitative estimate of drug-likeness (QED) is 0.623. The monoisotopic (exact) mass is 283 g/mol. The average molecular weight is 284 g/mol. The number of benzene rings is 1. The first-order chi connectivity index (χ1) is 9.27. The summed E-state index contributed by atoms with van der Waals surface area (Å²) in [7, 11) is 0. The second kappa shape index (κ2) is 10.1. The molecule has 3 heteroatoms. The Hall–Kier alpha value is -0.730. The zero-order chi connectivity index (χ0) is 13.9. The van der Waals surface area contributed by atoms with Crippen LogP contribution in [0.4, 0.5) is 0 Å². The smallest absolute Gasteiger partial charge is 0.123 e. The third kappa shape index (κ3) is 6.84. The SMILES string of the molecule is CCCCCCCOc1ccc(Cl)cc1CNCC. The summed E-state index contributed by atoms with van der Waals surface area (Å²) < 4.78 is 5.87. The minimum Gasteiger partial charge on any atom is -0.493 e. The van der Waals surface area contributed by atoms with Crippen molar-refractivity contribution >= 4 is 11.6 Å². The van der Waals surface area contributed by atoms with Crippen LogP contribution in [0.3, 0.4) is 0 Å². The molecule has 0 saturated carbocycles. The Kier molecular flexibility index (Phi) is 8.68. The molecule has 0 heterocycles. The summed E-state index contributed by atoms with van der Waals surface area (Å²) in [5.41, 5.74) is 1.14. The van der Waals surface area contributed by atoms with Gasteiger partial charge in [-0.25, -0.2) is 0 Å². The van der Waals surface area contributed by atoms with Gasteiger partial charge in [0, 0.05) is 17.1 Å². The van der Waals surface area contributed by atoms with E-state index in [0.29, 0.717) is 0 Å². The normalized spacial score (nSPS) is 10.7. The van der Waals surface area contributed by atoms with Gasteiger partial charge in [-0.2, -0.15) is 0 Å². The molecule has 0 spiro atoms. The van der Waals surface area contributed by atoms with E-state index in [1.807, 2.05) is 18.2 Å². The molecule has 0 aliphatic rings. The lowest BCUT2D eigenvalue weighted by Crippen LogP contribution is -2.13. The summed E-state index contributed by atoms with van der Waals surface area (Å²) in [5.74, 6) is 0.959. The lowest BCUT2D eigenvalue weighted by Gasteiger charge is -2.12. The predicted octanol–water partition coefficient (Wildman–Crippen LogP) is 4.80. The van der Waals surface area contributed by atoms with Gasteiger partial charge in [-0.3, -0.25) is 0 Å². The Balaban J connectivity index is 2.38. The summed E-state index contributed by atoms with van der Waals surface area (Å²) in [6.07, 6.45) is 6.30. The van der Waals surface area contributed by atoms with Crippen LogP contribution in [0.5, 0.6) is 5.75 Å². The van der Waals surface area contributed by atoms with Crippen molar-refractivity contribution in [2.75, 3.05) is 13.2 Å². The average Bonchev–Trinajstić information content (AvgIpc) is 2.42. The van der Waals surface area contributed by atoms with E-state index >= 15 is 0 Å². The van der Waals surface area contributed by atoms with E-state index in [1.54, 1.807) is 0 Å². The first kappa shape index (κ1) is 16.3. The van der Waals surface area contributed by atoms with E-state index in [-0.39, 0.29) is 0 Å². The number of hydrogen-bond acceptors (Lipinski definition) is 2. The zero-order valence-electron chi connectivity index (χ0n) is 12.2. The van der Waals surface area contributed by atoms with Crippen LogP contribution in [0.25, 0.3) is 0 Å². The Bertz CT molecular complexity index is 355. The van der Waals surface area contributed by atoms with Gasteiger partial charge in [0.1, 0.15) is 5.75 Å². The summed E-state index contributed by atoms with van der Waals surface area (Å²) in [4.78, 5) is 0. The summed E-state index contributed by atoms with van der Waals surface area (Å²) in [6, 6.07) is 5.85. The van der Waals surface area contributed by atoms with E-state index in [4.69, 9.17) is 16.3 Å². The van der Waals surface area contributed by atoms with Gasteiger partial charge in [0.25, 0.3) is 0 Å². The maximum absolute atomic E-state index is 6.03. The van der Waals surface area contributed by atoms with E-state index < -0.39 is 0 Å². The highest BCUT2D eigenvalue weighted by Crippen LogP contribution is 2.23. The Morgan fingerprint density at radius 3 is 2.63 bits per heavy atom. The molecule has 2 nitrogen and oxygen atoms in total. The number of halogens is 1. The lowest BCUT2D eigenvalue weighted by molar-refractivity contribution is 0.301. The fraction of sp³-hybridized carbons (Fsp3) is 0.625. The maximum Gasteiger partial charge on any atom is 0.123 e. The van der Waals surface area contributed by atoms with Gasteiger partial charge >= 0.3 is 0 Å². The summed E-state index contributed by atoms with van der Waals surface area (Å²) in [6.45, 7) is 6.88. The highest BCUT2D eigenvalue weighted by atomic mass is 35.5. The molecule has 1 aromatic rings. The fourth-order valence-corrected chi connectivity index (χ4v) is 2.17. The van der Waals surface area contributed by atoms with Crippen molar-refractivity contribution in [3.63, 3.8) is 0 Å². The fourth-order valence-electron chi connectivity index (χ4n) is 1.97.